The van der Waals surface area contributed by atoms with E-state index in [9.17, 15) is 19.2 Å². The standard InChI is InChI=1S/C25H23Cl2N3O5/c1-2-35-24(33)19-15-29(18-11-9-17(10-12-18)28-13-4-3-8-21(28)31)25(34)30(23(19)32)14-16-6-5-7-20(26)22(16)27/h5-7,9-12,15H,2-4,8,13-14H2,1H3. The summed E-state index contributed by atoms with van der Waals surface area (Å²) in [6.07, 6.45) is 3.48. The van der Waals surface area contributed by atoms with E-state index in [0.717, 1.165) is 23.1 Å². The Morgan fingerprint density at radius 2 is 1.71 bits per heavy atom. The number of esters is 1. The van der Waals surface area contributed by atoms with Crippen LogP contribution in [0.25, 0.3) is 5.69 Å². The van der Waals surface area contributed by atoms with Gasteiger partial charge in [0.2, 0.25) is 5.91 Å². The van der Waals surface area contributed by atoms with E-state index in [0.29, 0.717) is 24.2 Å². The Morgan fingerprint density at radius 1 is 1.00 bits per heavy atom. The number of rotatable bonds is 6. The number of ether oxygens (including phenoxy) is 1. The van der Waals surface area contributed by atoms with E-state index in [2.05, 4.69) is 0 Å². The van der Waals surface area contributed by atoms with Crippen LogP contribution < -0.4 is 16.1 Å². The Labute approximate surface area is 211 Å². The second-order valence-corrected chi connectivity index (χ2v) is 8.82. The molecule has 8 nitrogen and oxygen atoms in total. The maximum absolute atomic E-state index is 13.4. The Balaban J connectivity index is 1.81. The van der Waals surface area contributed by atoms with Gasteiger partial charge in [-0.15, -0.1) is 0 Å². The number of benzene rings is 2. The van der Waals surface area contributed by atoms with Gasteiger partial charge in [-0.2, -0.15) is 0 Å². The molecule has 1 saturated heterocycles. The summed E-state index contributed by atoms with van der Waals surface area (Å²) in [6, 6.07) is 11.7. The monoisotopic (exact) mass is 515 g/mol. The van der Waals surface area contributed by atoms with Crippen molar-refractivity contribution < 1.29 is 14.3 Å². The normalized spacial score (nSPS) is 13.7. The van der Waals surface area contributed by atoms with Gasteiger partial charge in [-0.25, -0.2) is 9.59 Å². The molecule has 3 aromatic rings. The van der Waals surface area contributed by atoms with Crippen molar-refractivity contribution >= 4 is 40.8 Å². The van der Waals surface area contributed by atoms with Crippen molar-refractivity contribution in [3.8, 4) is 5.69 Å². The molecule has 0 saturated carbocycles. The highest BCUT2D eigenvalue weighted by Crippen LogP contribution is 2.26. The number of halogens is 2. The first-order valence-corrected chi connectivity index (χ1v) is 11.9. The van der Waals surface area contributed by atoms with Crippen LogP contribution in [0.2, 0.25) is 10.0 Å². The minimum absolute atomic E-state index is 0.0534. The van der Waals surface area contributed by atoms with E-state index < -0.39 is 17.2 Å². The number of carbonyl (C=O) groups excluding carboxylic acids is 2. The van der Waals surface area contributed by atoms with Crippen molar-refractivity contribution in [3.63, 3.8) is 0 Å². The lowest BCUT2D eigenvalue weighted by atomic mass is 10.1. The summed E-state index contributed by atoms with van der Waals surface area (Å²) >= 11 is 12.4. The molecule has 0 spiro atoms. The van der Waals surface area contributed by atoms with E-state index in [1.54, 1.807) is 54.3 Å². The van der Waals surface area contributed by atoms with Gasteiger partial charge in [0.15, 0.2) is 0 Å². The summed E-state index contributed by atoms with van der Waals surface area (Å²) in [5, 5.41) is 0.492. The van der Waals surface area contributed by atoms with Crippen molar-refractivity contribution in [1.82, 2.24) is 9.13 Å². The highest BCUT2D eigenvalue weighted by molar-refractivity contribution is 6.42. The molecule has 0 atom stereocenters. The molecular formula is C25H23Cl2N3O5. The molecule has 0 aliphatic carbocycles. The summed E-state index contributed by atoms with van der Waals surface area (Å²) in [5.41, 5.74) is -0.169. The fourth-order valence-corrected chi connectivity index (χ4v) is 4.37. The third kappa shape index (κ3) is 5.04. The van der Waals surface area contributed by atoms with Crippen molar-refractivity contribution in [2.45, 2.75) is 32.7 Å². The summed E-state index contributed by atoms with van der Waals surface area (Å²) in [6.45, 7) is 2.13. The summed E-state index contributed by atoms with van der Waals surface area (Å²) in [4.78, 5) is 53.0. The minimum Gasteiger partial charge on any atom is -0.462 e. The zero-order valence-corrected chi connectivity index (χ0v) is 20.5. The summed E-state index contributed by atoms with van der Waals surface area (Å²) in [5.74, 6) is -0.787. The van der Waals surface area contributed by atoms with Gasteiger partial charge >= 0.3 is 11.7 Å². The molecule has 0 bridgehead atoms. The molecule has 1 fully saturated rings. The second kappa shape index (κ2) is 10.5. The number of aromatic nitrogens is 2. The van der Waals surface area contributed by atoms with E-state index in [1.165, 1.54) is 10.8 Å². The van der Waals surface area contributed by atoms with Gasteiger partial charge in [0, 0.05) is 24.8 Å². The zero-order valence-electron chi connectivity index (χ0n) is 19.0. The van der Waals surface area contributed by atoms with Crippen LogP contribution in [0.3, 0.4) is 0 Å². The molecule has 1 aliphatic rings. The molecule has 10 heteroatoms. The maximum atomic E-state index is 13.4. The topological polar surface area (TPSA) is 90.6 Å². The lowest BCUT2D eigenvalue weighted by Crippen LogP contribution is -2.42. The first-order valence-electron chi connectivity index (χ1n) is 11.2. The Hall–Kier alpha value is -3.36. The van der Waals surface area contributed by atoms with Crippen LogP contribution >= 0.6 is 23.2 Å². The van der Waals surface area contributed by atoms with Crippen LogP contribution in [0.1, 0.15) is 42.1 Å². The molecule has 1 aromatic heterocycles. The molecule has 1 amide bonds. The molecule has 2 heterocycles. The molecule has 35 heavy (non-hydrogen) atoms. The molecule has 2 aromatic carbocycles. The Bertz CT molecular complexity index is 1400. The Morgan fingerprint density at radius 3 is 2.40 bits per heavy atom. The van der Waals surface area contributed by atoms with Crippen LogP contribution in [-0.2, 0) is 16.1 Å². The van der Waals surface area contributed by atoms with E-state index >= 15 is 0 Å². The molecule has 1 aliphatic heterocycles. The van der Waals surface area contributed by atoms with Gasteiger partial charge in [0.25, 0.3) is 5.56 Å². The largest absolute Gasteiger partial charge is 0.462 e. The third-order valence-electron chi connectivity index (χ3n) is 5.79. The SMILES string of the molecule is CCOC(=O)c1cn(-c2ccc(N3CCCCC3=O)cc2)c(=O)n(Cc2cccc(Cl)c2Cl)c1=O. The van der Waals surface area contributed by atoms with Gasteiger partial charge < -0.3 is 9.64 Å². The lowest BCUT2D eigenvalue weighted by Gasteiger charge is -2.27. The highest BCUT2D eigenvalue weighted by atomic mass is 35.5. The van der Waals surface area contributed by atoms with Crippen LogP contribution in [0.4, 0.5) is 5.69 Å². The number of amides is 1. The number of hydrogen-bond donors (Lipinski definition) is 0. The quantitative estimate of drug-likeness (QED) is 0.462. The third-order valence-corrected chi connectivity index (χ3v) is 6.65. The Kier molecular flexibility index (Phi) is 7.42. The molecule has 182 valence electrons. The van der Waals surface area contributed by atoms with Crippen LogP contribution in [0, 0.1) is 0 Å². The number of piperidine rings is 1. The highest BCUT2D eigenvalue weighted by Gasteiger charge is 2.22. The van der Waals surface area contributed by atoms with Crippen molar-refractivity contribution in [2.75, 3.05) is 18.1 Å². The van der Waals surface area contributed by atoms with E-state index in [-0.39, 0.29) is 34.7 Å². The predicted molar refractivity (Wildman–Crippen MR) is 134 cm³/mol. The smallest absolute Gasteiger partial charge is 0.345 e. The van der Waals surface area contributed by atoms with Crippen molar-refractivity contribution in [2.24, 2.45) is 0 Å². The first kappa shape index (κ1) is 24.8. The predicted octanol–water partition coefficient (Wildman–Crippen LogP) is 4.05. The van der Waals surface area contributed by atoms with Gasteiger partial charge in [0.05, 0.1) is 28.9 Å². The average molecular weight is 516 g/mol. The number of nitrogens with zero attached hydrogens (tertiary/aromatic N) is 3. The van der Waals surface area contributed by atoms with Crippen LogP contribution in [0.15, 0.2) is 58.3 Å². The minimum atomic E-state index is -0.840. The van der Waals surface area contributed by atoms with Crippen molar-refractivity contribution in [1.29, 1.82) is 0 Å². The van der Waals surface area contributed by atoms with Gasteiger partial charge in [0.1, 0.15) is 5.56 Å². The molecule has 4 rings (SSSR count). The number of carbonyl (C=O) groups is 2. The fraction of sp³-hybridized carbons (Fsp3) is 0.280. The van der Waals surface area contributed by atoms with E-state index in [4.69, 9.17) is 27.9 Å². The second-order valence-electron chi connectivity index (χ2n) is 8.04. The number of hydrogen-bond acceptors (Lipinski definition) is 5. The molecule has 0 unspecified atom stereocenters. The lowest BCUT2D eigenvalue weighted by molar-refractivity contribution is -0.119. The van der Waals surface area contributed by atoms with E-state index in [1.807, 2.05) is 0 Å². The first-order chi connectivity index (χ1) is 16.8. The fourth-order valence-electron chi connectivity index (χ4n) is 3.99. The van der Waals surface area contributed by atoms with Crippen molar-refractivity contribution in [3.05, 3.63) is 90.7 Å². The maximum Gasteiger partial charge on any atom is 0.345 e. The van der Waals surface area contributed by atoms with Crippen LogP contribution in [0.5, 0.6) is 0 Å². The molecule has 0 N–H and O–H groups in total. The van der Waals surface area contributed by atoms with Crippen LogP contribution in [-0.4, -0.2) is 34.2 Å². The van der Waals surface area contributed by atoms with Gasteiger partial charge in [-0.05, 0) is 55.7 Å². The zero-order chi connectivity index (χ0) is 25.1. The molecular weight excluding hydrogens is 493 g/mol. The number of anilines is 1. The average Bonchev–Trinajstić information content (AvgIpc) is 2.85. The molecule has 0 radical (unpaired) electrons. The summed E-state index contributed by atoms with van der Waals surface area (Å²) < 4.78 is 7.16. The van der Waals surface area contributed by atoms with Gasteiger partial charge in [-0.1, -0.05) is 35.3 Å². The van der Waals surface area contributed by atoms with Gasteiger partial charge in [-0.3, -0.25) is 18.7 Å². The summed E-state index contributed by atoms with van der Waals surface area (Å²) in [7, 11) is 0.